The van der Waals surface area contributed by atoms with Gasteiger partial charge in [0.25, 0.3) is 0 Å². The van der Waals surface area contributed by atoms with Crippen LogP contribution < -0.4 is 5.32 Å². The van der Waals surface area contributed by atoms with E-state index >= 15 is 0 Å². The summed E-state index contributed by atoms with van der Waals surface area (Å²) in [6.45, 7) is 4.60. The van der Waals surface area contributed by atoms with Gasteiger partial charge >= 0.3 is 0 Å². The lowest BCUT2D eigenvalue weighted by Crippen LogP contribution is -2.39. The van der Waals surface area contributed by atoms with Gasteiger partial charge in [-0.15, -0.1) is 0 Å². The van der Waals surface area contributed by atoms with E-state index in [9.17, 15) is 0 Å². The quantitative estimate of drug-likeness (QED) is 0.800. The molecule has 1 heteroatoms. The molecule has 3 rings (SSSR count). The minimum atomic E-state index is 0.220. The minimum absolute atomic E-state index is 0.220. The van der Waals surface area contributed by atoms with E-state index < -0.39 is 0 Å². The Morgan fingerprint density at radius 2 is 1.94 bits per heavy atom. The number of rotatable bonds is 2. The van der Waals surface area contributed by atoms with Crippen LogP contribution in [0.3, 0.4) is 0 Å². The third-order valence-corrected chi connectivity index (χ3v) is 3.81. The van der Waals surface area contributed by atoms with Gasteiger partial charge in [-0.05, 0) is 36.8 Å². The van der Waals surface area contributed by atoms with Gasteiger partial charge < -0.3 is 5.32 Å². The Balaban J connectivity index is 2.17. The van der Waals surface area contributed by atoms with Crippen molar-refractivity contribution in [2.45, 2.75) is 38.6 Å². The predicted octanol–water partition coefficient (Wildman–Crippen LogP) is 4.37. The first-order chi connectivity index (χ1) is 8.22. The van der Waals surface area contributed by atoms with E-state index in [4.69, 9.17) is 0 Å². The molecule has 1 atom stereocenters. The van der Waals surface area contributed by atoms with Gasteiger partial charge in [-0.25, -0.2) is 0 Å². The minimum Gasteiger partial charge on any atom is -0.379 e. The van der Waals surface area contributed by atoms with Crippen LogP contribution in [0.1, 0.15) is 32.3 Å². The van der Waals surface area contributed by atoms with Crippen molar-refractivity contribution in [2.75, 3.05) is 5.32 Å². The molecule has 1 aliphatic rings. The highest BCUT2D eigenvalue weighted by molar-refractivity contribution is 5.98. The Hall–Kier alpha value is -1.50. The Morgan fingerprint density at radius 1 is 1.18 bits per heavy atom. The Morgan fingerprint density at radius 3 is 2.71 bits per heavy atom. The van der Waals surface area contributed by atoms with Crippen molar-refractivity contribution in [3.05, 3.63) is 42.0 Å². The molecule has 0 saturated carbocycles. The normalized spacial score (nSPS) is 22.5. The van der Waals surface area contributed by atoms with Crippen LogP contribution in [-0.2, 0) is 6.42 Å². The summed E-state index contributed by atoms with van der Waals surface area (Å²) in [5.74, 6) is 0. The van der Waals surface area contributed by atoms with E-state index in [1.165, 1.54) is 34.9 Å². The number of hydrogen-bond donors (Lipinski definition) is 1. The fourth-order valence-corrected chi connectivity index (χ4v) is 3.16. The maximum Gasteiger partial charge on any atom is 0.0426 e. The monoisotopic (exact) mass is 225 g/mol. The van der Waals surface area contributed by atoms with Crippen LogP contribution in [0, 0.1) is 0 Å². The van der Waals surface area contributed by atoms with Gasteiger partial charge in [0, 0.05) is 16.6 Å². The zero-order valence-electron chi connectivity index (χ0n) is 10.6. The van der Waals surface area contributed by atoms with Gasteiger partial charge in [0.2, 0.25) is 0 Å². The Kier molecular flexibility index (Phi) is 2.36. The lowest BCUT2D eigenvalue weighted by atomic mass is 9.82. The molecular formula is C16H19N. The van der Waals surface area contributed by atoms with Gasteiger partial charge in [-0.2, -0.15) is 0 Å². The molecule has 0 aromatic heterocycles. The molecule has 0 radical (unpaired) electrons. The highest BCUT2D eigenvalue weighted by atomic mass is 15.0. The SMILES string of the molecule is CCCC1(C)Cc2cccc3cccc(c23)N1. The second-order valence-electron chi connectivity index (χ2n) is 5.43. The summed E-state index contributed by atoms with van der Waals surface area (Å²) in [6.07, 6.45) is 3.58. The molecular weight excluding hydrogens is 206 g/mol. The zero-order chi connectivity index (χ0) is 11.9. The first-order valence-corrected chi connectivity index (χ1v) is 6.51. The van der Waals surface area contributed by atoms with Crippen LogP contribution in [0.2, 0.25) is 0 Å². The molecule has 1 heterocycles. The lowest BCUT2D eigenvalue weighted by Gasteiger charge is -2.37. The third kappa shape index (κ3) is 1.70. The largest absolute Gasteiger partial charge is 0.379 e. The smallest absolute Gasteiger partial charge is 0.0426 e. The average Bonchev–Trinajstić information content (AvgIpc) is 2.29. The molecule has 0 aliphatic carbocycles. The third-order valence-electron chi connectivity index (χ3n) is 3.81. The summed E-state index contributed by atoms with van der Waals surface area (Å²) >= 11 is 0. The van der Waals surface area contributed by atoms with Gasteiger partial charge in [-0.1, -0.05) is 43.7 Å². The van der Waals surface area contributed by atoms with Crippen molar-refractivity contribution in [1.82, 2.24) is 0 Å². The van der Waals surface area contributed by atoms with E-state index in [2.05, 4.69) is 55.6 Å². The summed E-state index contributed by atoms with van der Waals surface area (Å²) < 4.78 is 0. The highest BCUT2D eigenvalue weighted by Crippen LogP contribution is 2.37. The van der Waals surface area contributed by atoms with Crippen LogP contribution >= 0.6 is 0 Å². The van der Waals surface area contributed by atoms with E-state index in [0.717, 1.165) is 6.42 Å². The molecule has 1 nitrogen and oxygen atoms in total. The number of benzene rings is 2. The molecule has 88 valence electrons. The Bertz CT molecular complexity index is 516. The second-order valence-corrected chi connectivity index (χ2v) is 5.43. The van der Waals surface area contributed by atoms with Crippen molar-refractivity contribution in [3.63, 3.8) is 0 Å². The van der Waals surface area contributed by atoms with Gasteiger partial charge in [0.15, 0.2) is 0 Å². The molecule has 1 unspecified atom stereocenters. The van der Waals surface area contributed by atoms with Crippen LogP contribution in [0.5, 0.6) is 0 Å². The predicted molar refractivity (Wildman–Crippen MR) is 74.6 cm³/mol. The van der Waals surface area contributed by atoms with E-state index in [0.29, 0.717) is 0 Å². The standard InChI is InChI=1S/C16H19N/c1-3-10-16(2)11-13-8-4-6-12-7-5-9-14(17-16)15(12)13/h4-9,17H,3,10-11H2,1-2H3. The number of anilines is 1. The molecule has 0 saturated heterocycles. The molecule has 0 amide bonds. The number of hydrogen-bond acceptors (Lipinski definition) is 1. The highest BCUT2D eigenvalue weighted by Gasteiger charge is 2.29. The summed E-state index contributed by atoms with van der Waals surface area (Å²) in [5, 5.41) is 6.51. The lowest BCUT2D eigenvalue weighted by molar-refractivity contribution is 0.460. The van der Waals surface area contributed by atoms with Crippen LogP contribution in [0.15, 0.2) is 36.4 Å². The van der Waals surface area contributed by atoms with E-state index in [1.807, 2.05) is 0 Å². The maximum atomic E-state index is 3.74. The second kappa shape index (κ2) is 3.76. The first kappa shape index (κ1) is 10.6. The topological polar surface area (TPSA) is 12.0 Å². The van der Waals surface area contributed by atoms with Crippen molar-refractivity contribution >= 4 is 16.5 Å². The Labute approximate surface area is 103 Å². The van der Waals surface area contributed by atoms with Gasteiger partial charge in [0.05, 0.1) is 0 Å². The molecule has 17 heavy (non-hydrogen) atoms. The van der Waals surface area contributed by atoms with E-state index in [1.54, 1.807) is 0 Å². The first-order valence-electron chi connectivity index (χ1n) is 6.51. The van der Waals surface area contributed by atoms with Gasteiger partial charge in [-0.3, -0.25) is 0 Å². The summed E-state index contributed by atoms with van der Waals surface area (Å²) in [4.78, 5) is 0. The summed E-state index contributed by atoms with van der Waals surface area (Å²) in [5.41, 5.74) is 3.02. The van der Waals surface area contributed by atoms with Crippen LogP contribution in [0.25, 0.3) is 10.8 Å². The summed E-state index contributed by atoms with van der Waals surface area (Å²) in [7, 11) is 0. The zero-order valence-corrected chi connectivity index (χ0v) is 10.6. The fourth-order valence-electron chi connectivity index (χ4n) is 3.16. The van der Waals surface area contributed by atoms with Crippen molar-refractivity contribution in [3.8, 4) is 0 Å². The summed E-state index contributed by atoms with van der Waals surface area (Å²) in [6, 6.07) is 13.2. The molecule has 0 spiro atoms. The fraction of sp³-hybridized carbons (Fsp3) is 0.375. The molecule has 1 aliphatic heterocycles. The molecule has 1 N–H and O–H groups in total. The number of nitrogens with one attached hydrogen (secondary N) is 1. The van der Waals surface area contributed by atoms with Crippen LogP contribution in [-0.4, -0.2) is 5.54 Å². The molecule has 2 aromatic rings. The van der Waals surface area contributed by atoms with Crippen molar-refractivity contribution in [2.24, 2.45) is 0 Å². The maximum absolute atomic E-state index is 3.74. The van der Waals surface area contributed by atoms with Crippen molar-refractivity contribution in [1.29, 1.82) is 0 Å². The molecule has 0 fully saturated rings. The van der Waals surface area contributed by atoms with Crippen LogP contribution in [0.4, 0.5) is 5.69 Å². The average molecular weight is 225 g/mol. The molecule has 0 bridgehead atoms. The molecule has 2 aromatic carbocycles. The van der Waals surface area contributed by atoms with Gasteiger partial charge in [0.1, 0.15) is 0 Å². The van der Waals surface area contributed by atoms with E-state index in [-0.39, 0.29) is 5.54 Å². The van der Waals surface area contributed by atoms with Crippen molar-refractivity contribution < 1.29 is 0 Å².